The summed E-state index contributed by atoms with van der Waals surface area (Å²) in [5.41, 5.74) is 1.01. The molecule has 142 valence electrons. The number of rotatable bonds is 4. The number of aryl methyl sites for hydroxylation is 1. The molecule has 4 rings (SSSR count). The lowest BCUT2D eigenvalue weighted by atomic mass is 10.1. The molecule has 0 spiro atoms. The molecule has 10 heteroatoms. The number of benzene rings is 1. The highest BCUT2D eigenvalue weighted by molar-refractivity contribution is 7.92. The Balaban J connectivity index is 1.57. The summed E-state index contributed by atoms with van der Waals surface area (Å²) in [7, 11) is -2.33. The molecule has 1 saturated heterocycles. The number of anilines is 2. The van der Waals surface area contributed by atoms with Crippen LogP contribution in [0.4, 0.5) is 11.6 Å². The molecule has 0 saturated carbocycles. The van der Waals surface area contributed by atoms with Gasteiger partial charge in [-0.15, -0.1) is 0 Å². The van der Waals surface area contributed by atoms with E-state index in [0.29, 0.717) is 17.0 Å². The normalized spacial score (nSPS) is 15.2. The Morgan fingerprint density at radius 1 is 1.11 bits per heavy atom. The van der Waals surface area contributed by atoms with Crippen molar-refractivity contribution in [3.63, 3.8) is 0 Å². The fourth-order valence-corrected chi connectivity index (χ4v) is 4.17. The van der Waals surface area contributed by atoms with Crippen LogP contribution in [0.2, 0.25) is 0 Å². The molecule has 3 heterocycles. The lowest BCUT2D eigenvalue weighted by Gasteiger charge is -2.26. The summed E-state index contributed by atoms with van der Waals surface area (Å²) in [5.74, 6) is 0.0571. The molecule has 0 atom stereocenters. The summed E-state index contributed by atoms with van der Waals surface area (Å²) >= 11 is 0. The Morgan fingerprint density at radius 2 is 1.81 bits per heavy atom. The second kappa shape index (κ2) is 6.69. The fourth-order valence-electron chi connectivity index (χ4n) is 3.12. The minimum atomic E-state index is -3.85. The summed E-state index contributed by atoms with van der Waals surface area (Å²) in [6.07, 6.45) is 6.34. The van der Waals surface area contributed by atoms with Gasteiger partial charge in [-0.1, -0.05) is 0 Å². The predicted octanol–water partition coefficient (Wildman–Crippen LogP) is 1.71. The van der Waals surface area contributed by atoms with Gasteiger partial charge in [-0.3, -0.25) is 9.29 Å². The molecule has 3 aromatic rings. The molecule has 0 bridgehead atoms. The first-order valence-corrected chi connectivity index (χ1v) is 10.1. The van der Waals surface area contributed by atoms with Gasteiger partial charge < -0.3 is 9.32 Å². The smallest absolute Gasteiger partial charge is 0.408 e. The van der Waals surface area contributed by atoms with Crippen molar-refractivity contribution in [2.45, 2.75) is 24.2 Å². The lowest BCUT2D eigenvalue weighted by Crippen LogP contribution is -2.30. The van der Waals surface area contributed by atoms with Gasteiger partial charge in [0.05, 0.1) is 28.5 Å². The van der Waals surface area contributed by atoms with E-state index in [0.717, 1.165) is 25.9 Å². The van der Waals surface area contributed by atoms with Crippen LogP contribution in [0.1, 0.15) is 19.3 Å². The summed E-state index contributed by atoms with van der Waals surface area (Å²) < 4.78 is 34.1. The van der Waals surface area contributed by atoms with Crippen molar-refractivity contribution in [3.05, 3.63) is 41.1 Å². The van der Waals surface area contributed by atoms with Crippen LogP contribution in [0.25, 0.3) is 11.1 Å². The zero-order chi connectivity index (χ0) is 19.0. The first-order chi connectivity index (χ1) is 12.9. The van der Waals surface area contributed by atoms with Crippen molar-refractivity contribution in [3.8, 4) is 0 Å². The summed E-state index contributed by atoms with van der Waals surface area (Å²) in [6.45, 7) is 1.82. The Morgan fingerprint density at radius 3 is 2.52 bits per heavy atom. The highest BCUT2D eigenvalue weighted by atomic mass is 32.2. The lowest BCUT2D eigenvalue weighted by molar-refractivity contribution is 0.528. The van der Waals surface area contributed by atoms with E-state index in [-0.39, 0.29) is 10.6 Å². The molecule has 2 aromatic heterocycles. The third-order valence-corrected chi connectivity index (χ3v) is 5.98. The van der Waals surface area contributed by atoms with Crippen molar-refractivity contribution < 1.29 is 12.8 Å². The molecule has 1 aliphatic heterocycles. The zero-order valence-corrected chi connectivity index (χ0v) is 15.6. The van der Waals surface area contributed by atoms with Crippen LogP contribution in [0.5, 0.6) is 0 Å². The van der Waals surface area contributed by atoms with E-state index in [1.54, 1.807) is 0 Å². The number of hydrogen-bond acceptors (Lipinski definition) is 7. The summed E-state index contributed by atoms with van der Waals surface area (Å²) in [4.78, 5) is 22.2. The van der Waals surface area contributed by atoms with Gasteiger partial charge in [-0.25, -0.2) is 23.2 Å². The van der Waals surface area contributed by atoms with Crippen molar-refractivity contribution in [2.24, 2.45) is 7.05 Å². The Hall–Kier alpha value is -2.88. The Bertz CT molecular complexity index is 1130. The van der Waals surface area contributed by atoms with Crippen LogP contribution < -0.4 is 15.4 Å². The van der Waals surface area contributed by atoms with E-state index in [1.807, 2.05) is 0 Å². The number of oxazole rings is 1. The van der Waals surface area contributed by atoms with E-state index in [9.17, 15) is 13.2 Å². The molecule has 27 heavy (non-hydrogen) atoms. The minimum Gasteiger partial charge on any atom is -0.408 e. The highest BCUT2D eigenvalue weighted by Gasteiger charge is 2.18. The van der Waals surface area contributed by atoms with Crippen LogP contribution in [-0.2, 0) is 17.1 Å². The highest BCUT2D eigenvalue weighted by Crippen LogP contribution is 2.21. The van der Waals surface area contributed by atoms with E-state index < -0.39 is 15.8 Å². The third-order valence-electron chi connectivity index (χ3n) is 4.60. The SMILES string of the molecule is Cn1c(=O)oc2ccc(S(=O)(=O)Nc3cnc(N4CCCCC4)nc3)cc21. The van der Waals surface area contributed by atoms with E-state index in [1.165, 1.54) is 48.6 Å². The monoisotopic (exact) mass is 389 g/mol. The number of nitrogens with one attached hydrogen (secondary N) is 1. The number of aromatic nitrogens is 3. The first-order valence-electron chi connectivity index (χ1n) is 8.63. The fraction of sp³-hybridized carbons (Fsp3) is 0.353. The maximum absolute atomic E-state index is 12.7. The van der Waals surface area contributed by atoms with Crippen LogP contribution >= 0.6 is 0 Å². The van der Waals surface area contributed by atoms with Gasteiger partial charge in [0.2, 0.25) is 5.95 Å². The van der Waals surface area contributed by atoms with Crippen molar-refractivity contribution in [1.29, 1.82) is 0 Å². The molecule has 9 nitrogen and oxygen atoms in total. The average molecular weight is 389 g/mol. The maximum Gasteiger partial charge on any atom is 0.419 e. The van der Waals surface area contributed by atoms with Crippen molar-refractivity contribution in [1.82, 2.24) is 14.5 Å². The van der Waals surface area contributed by atoms with Crippen molar-refractivity contribution in [2.75, 3.05) is 22.7 Å². The van der Waals surface area contributed by atoms with Gasteiger partial charge in [0.25, 0.3) is 10.0 Å². The van der Waals surface area contributed by atoms with Crippen LogP contribution in [-0.4, -0.2) is 36.0 Å². The van der Waals surface area contributed by atoms with Gasteiger partial charge in [-0.05, 0) is 37.5 Å². The summed E-state index contributed by atoms with van der Waals surface area (Å²) in [6, 6.07) is 4.24. The number of piperidine rings is 1. The standard InChI is InChI=1S/C17H19N5O4S/c1-21-14-9-13(5-6-15(14)26-17(21)23)27(24,25)20-12-10-18-16(19-11-12)22-7-3-2-4-8-22/h5-6,9-11,20H,2-4,7-8H2,1H3. The summed E-state index contributed by atoms with van der Waals surface area (Å²) in [5, 5.41) is 0. The molecule has 0 radical (unpaired) electrons. The Labute approximate surface area is 155 Å². The van der Waals surface area contributed by atoms with Gasteiger partial charge in [0, 0.05) is 20.1 Å². The first kappa shape index (κ1) is 17.5. The molecule has 1 N–H and O–H groups in total. The molecule has 0 unspecified atom stereocenters. The molecule has 0 aliphatic carbocycles. The molecule has 0 amide bonds. The number of fused-ring (bicyclic) bond motifs is 1. The Kier molecular flexibility index (Phi) is 4.34. The predicted molar refractivity (Wildman–Crippen MR) is 100 cm³/mol. The molecule has 1 aromatic carbocycles. The third kappa shape index (κ3) is 3.39. The van der Waals surface area contributed by atoms with Gasteiger partial charge in [0.15, 0.2) is 5.58 Å². The number of sulfonamides is 1. The van der Waals surface area contributed by atoms with E-state index >= 15 is 0 Å². The molecule has 1 fully saturated rings. The second-order valence-electron chi connectivity index (χ2n) is 6.48. The van der Waals surface area contributed by atoms with Gasteiger partial charge >= 0.3 is 5.76 Å². The second-order valence-corrected chi connectivity index (χ2v) is 8.16. The van der Waals surface area contributed by atoms with Crippen LogP contribution in [0.15, 0.2) is 44.7 Å². The minimum absolute atomic E-state index is 0.0199. The van der Waals surface area contributed by atoms with E-state index in [2.05, 4.69) is 19.6 Å². The van der Waals surface area contributed by atoms with Crippen LogP contribution in [0, 0.1) is 0 Å². The van der Waals surface area contributed by atoms with Gasteiger partial charge in [-0.2, -0.15) is 0 Å². The largest absolute Gasteiger partial charge is 0.419 e. The van der Waals surface area contributed by atoms with Gasteiger partial charge in [0.1, 0.15) is 0 Å². The van der Waals surface area contributed by atoms with Crippen LogP contribution in [0.3, 0.4) is 0 Å². The maximum atomic E-state index is 12.7. The quantitative estimate of drug-likeness (QED) is 0.723. The molecular formula is C17H19N5O4S. The average Bonchev–Trinajstić information content (AvgIpc) is 2.96. The zero-order valence-electron chi connectivity index (χ0n) is 14.8. The van der Waals surface area contributed by atoms with Crippen molar-refractivity contribution >= 4 is 32.8 Å². The molecular weight excluding hydrogens is 370 g/mol. The van der Waals surface area contributed by atoms with E-state index in [4.69, 9.17) is 4.42 Å². The number of hydrogen-bond donors (Lipinski definition) is 1. The topological polar surface area (TPSA) is 110 Å². The molecule has 1 aliphatic rings. The number of nitrogens with zero attached hydrogens (tertiary/aromatic N) is 4.